The molecule has 0 rings (SSSR count). The molecule has 0 saturated heterocycles. The summed E-state index contributed by atoms with van der Waals surface area (Å²) in [7, 11) is 0. The molecule has 0 saturated carbocycles. The van der Waals surface area contributed by atoms with E-state index >= 15 is 0 Å². The molecule has 0 spiro atoms. The molecule has 0 aliphatic heterocycles. The summed E-state index contributed by atoms with van der Waals surface area (Å²) < 4.78 is 0. The van der Waals surface area contributed by atoms with Gasteiger partial charge in [0.05, 0.1) is 0 Å². The normalized spacial score (nSPS) is 15.5. The van der Waals surface area contributed by atoms with Crippen LogP contribution in [0.2, 0.25) is 0 Å². The highest BCUT2D eigenvalue weighted by Gasteiger charge is 2.10. The molecule has 0 heteroatoms. The van der Waals surface area contributed by atoms with Gasteiger partial charge in [0.2, 0.25) is 0 Å². The van der Waals surface area contributed by atoms with Crippen molar-refractivity contribution in [3.63, 3.8) is 0 Å². The predicted molar refractivity (Wildman–Crippen MR) is 51.2 cm³/mol. The number of rotatable bonds is 3. The van der Waals surface area contributed by atoms with Crippen molar-refractivity contribution in [1.29, 1.82) is 0 Å². The SMILES string of the molecule is CC#CC(C)C(C)CC(C)C. The predicted octanol–water partition coefficient (Wildman–Crippen LogP) is 3.33. The molecule has 0 aliphatic rings. The Morgan fingerprint density at radius 1 is 1.09 bits per heavy atom. The molecule has 0 bridgehead atoms. The van der Waals surface area contributed by atoms with Crippen molar-refractivity contribution in [2.24, 2.45) is 17.8 Å². The highest BCUT2D eigenvalue weighted by atomic mass is 14.1. The largest absolute Gasteiger partial charge is 0.106 e. The molecule has 64 valence electrons. The molecule has 0 fully saturated rings. The number of hydrogen-bond donors (Lipinski definition) is 0. The van der Waals surface area contributed by atoms with E-state index in [2.05, 4.69) is 39.5 Å². The van der Waals surface area contributed by atoms with Gasteiger partial charge in [0.25, 0.3) is 0 Å². The monoisotopic (exact) mass is 152 g/mol. The van der Waals surface area contributed by atoms with Crippen molar-refractivity contribution in [3.05, 3.63) is 0 Å². The minimum absolute atomic E-state index is 0.558. The van der Waals surface area contributed by atoms with Gasteiger partial charge in [-0.05, 0) is 25.2 Å². The van der Waals surface area contributed by atoms with Crippen LogP contribution >= 0.6 is 0 Å². The van der Waals surface area contributed by atoms with Crippen LogP contribution in [0.15, 0.2) is 0 Å². The van der Waals surface area contributed by atoms with Gasteiger partial charge in [0.15, 0.2) is 0 Å². The average Bonchev–Trinajstić information content (AvgIpc) is 1.86. The van der Waals surface area contributed by atoms with E-state index in [4.69, 9.17) is 0 Å². The maximum atomic E-state index is 3.20. The molecule has 0 aromatic carbocycles. The van der Waals surface area contributed by atoms with Gasteiger partial charge in [0, 0.05) is 5.92 Å². The smallest absolute Gasteiger partial charge is 0.0200 e. The lowest BCUT2D eigenvalue weighted by molar-refractivity contribution is 0.378. The third-order valence-electron chi connectivity index (χ3n) is 2.07. The zero-order valence-corrected chi connectivity index (χ0v) is 8.44. The van der Waals surface area contributed by atoms with Crippen LogP contribution in [-0.4, -0.2) is 0 Å². The molecule has 0 N–H and O–H groups in total. The van der Waals surface area contributed by atoms with Crippen molar-refractivity contribution < 1.29 is 0 Å². The molecule has 2 unspecified atom stereocenters. The van der Waals surface area contributed by atoms with Crippen molar-refractivity contribution in [3.8, 4) is 11.8 Å². The molecule has 0 amide bonds. The van der Waals surface area contributed by atoms with Crippen molar-refractivity contribution in [2.75, 3.05) is 0 Å². The molecule has 0 nitrogen and oxygen atoms in total. The highest BCUT2D eigenvalue weighted by molar-refractivity contribution is 5.00. The van der Waals surface area contributed by atoms with E-state index in [1.807, 2.05) is 6.92 Å². The second kappa shape index (κ2) is 5.24. The summed E-state index contributed by atoms with van der Waals surface area (Å²) in [6, 6.07) is 0. The maximum absolute atomic E-state index is 3.20. The molecular formula is C11H20. The summed E-state index contributed by atoms with van der Waals surface area (Å²) in [5.74, 6) is 8.27. The van der Waals surface area contributed by atoms with Crippen LogP contribution in [0, 0.1) is 29.6 Å². The second-order valence-corrected chi connectivity index (χ2v) is 3.79. The zero-order valence-electron chi connectivity index (χ0n) is 8.44. The summed E-state index contributed by atoms with van der Waals surface area (Å²) >= 11 is 0. The Balaban J connectivity index is 3.79. The van der Waals surface area contributed by atoms with Crippen LogP contribution in [0.25, 0.3) is 0 Å². The minimum Gasteiger partial charge on any atom is -0.106 e. The lowest BCUT2D eigenvalue weighted by Crippen LogP contribution is -2.08. The number of hydrogen-bond acceptors (Lipinski definition) is 0. The first-order valence-corrected chi connectivity index (χ1v) is 4.50. The van der Waals surface area contributed by atoms with E-state index in [0.29, 0.717) is 5.92 Å². The van der Waals surface area contributed by atoms with E-state index in [9.17, 15) is 0 Å². The highest BCUT2D eigenvalue weighted by Crippen LogP contribution is 2.18. The Morgan fingerprint density at radius 2 is 1.64 bits per heavy atom. The first-order valence-electron chi connectivity index (χ1n) is 4.50. The van der Waals surface area contributed by atoms with Crippen molar-refractivity contribution in [2.45, 2.75) is 41.0 Å². The summed E-state index contributed by atoms with van der Waals surface area (Å²) in [6.45, 7) is 10.9. The molecular weight excluding hydrogens is 132 g/mol. The fourth-order valence-corrected chi connectivity index (χ4v) is 1.32. The van der Waals surface area contributed by atoms with E-state index in [1.165, 1.54) is 6.42 Å². The quantitative estimate of drug-likeness (QED) is 0.544. The lowest BCUT2D eigenvalue weighted by atomic mass is 9.88. The van der Waals surface area contributed by atoms with E-state index in [1.54, 1.807) is 0 Å². The van der Waals surface area contributed by atoms with Crippen LogP contribution in [0.3, 0.4) is 0 Å². The fourth-order valence-electron chi connectivity index (χ4n) is 1.32. The molecule has 0 radical (unpaired) electrons. The Kier molecular flexibility index (Phi) is 5.03. The summed E-state index contributed by atoms with van der Waals surface area (Å²) in [5.41, 5.74) is 0. The van der Waals surface area contributed by atoms with Gasteiger partial charge in [-0.1, -0.05) is 27.7 Å². The van der Waals surface area contributed by atoms with Crippen LogP contribution in [0.4, 0.5) is 0 Å². The minimum atomic E-state index is 0.558. The first-order chi connectivity index (χ1) is 5.07. The van der Waals surface area contributed by atoms with Gasteiger partial charge >= 0.3 is 0 Å². The fraction of sp³-hybridized carbons (Fsp3) is 0.818. The van der Waals surface area contributed by atoms with Crippen LogP contribution in [0.5, 0.6) is 0 Å². The Morgan fingerprint density at radius 3 is 2.00 bits per heavy atom. The summed E-state index contributed by atoms with van der Waals surface area (Å²) in [6.07, 6.45) is 1.29. The van der Waals surface area contributed by atoms with Gasteiger partial charge in [0.1, 0.15) is 0 Å². The Bertz CT molecular complexity index is 145. The molecule has 0 aromatic rings. The Hall–Kier alpha value is -0.440. The maximum Gasteiger partial charge on any atom is 0.0200 e. The summed E-state index contributed by atoms with van der Waals surface area (Å²) in [5, 5.41) is 0. The van der Waals surface area contributed by atoms with Crippen molar-refractivity contribution >= 4 is 0 Å². The second-order valence-electron chi connectivity index (χ2n) is 3.79. The van der Waals surface area contributed by atoms with Gasteiger partial charge < -0.3 is 0 Å². The van der Waals surface area contributed by atoms with E-state index in [0.717, 1.165) is 11.8 Å². The van der Waals surface area contributed by atoms with Crippen LogP contribution < -0.4 is 0 Å². The third kappa shape index (κ3) is 4.90. The van der Waals surface area contributed by atoms with Gasteiger partial charge in [-0.25, -0.2) is 0 Å². The van der Waals surface area contributed by atoms with Gasteiger partial charge in [-0.2, -0.15) is 0 Å². The van der Waals surface area contributed by atoms with E-state index in [-0.39, 0.29) is 0 Å². The standard InChI is InChI=1S/C11H20/c1-6-7-10(4)11(5)8-9(2)3/h9-11H,8H2,1-5H3. The topological polar surface area (TPSA) is 0 Å². The molecule has 11 heavy (non-hydrogen) atoms. The third-order valence-corrected chi connectivity index (χ3v) is 2.07. The zero-order chi connectivity index (χ0) is 8.85. The molecule has 0 heterocycles. The van der Waals surface area contributed by atoms with Gasteiger partial charge in [-0.15, -0.1) is 11.8 Å². The van der Waals surface area contributed by atoms with Crippen LogP contribution in [0.1, 0.15) is 41.0 Å². The molecule has 2 atom stereocenters. The Labute approximate surface area is 71.4 Å². The van der Waals surface area contributed by atoms with E-state index < -0.39 is 0 Å². The summed E-state index contributed by atoms with van der Waals surface area (Å²) in [4.78, 5) is 0. The lowest BCUT2D eigenvalue weighted by Gasteiger charge is -2.16. The van der Waals surface area contributed by atoms with Crippen molar-refractivity contribution in [1.82, 2.24) is 0 Å². The molecule has 0 aliphatic carbocycles. The van der Waals surface area contributed by atoms with Gasteiger partial charge in [-0.3, -0.25) is 0 Å². The van der Waals surface area contributed by atoms with Crippen LogP contribution in [-0.2, 0) is 0 Å². The average molecular weight is 152 g/mol. The first kappa shape index (κ1) is 10.6. The molecule has 0 aromatic heterocycles.